The normalized spacial score (nSPS) is 19.7. The fraction of sp³-hybridized carbons (Fsp3) is 0.417. The average Bonchev–Trinajstić information content (AvgIpc) is 3.35. The highest BCUT2D eigenvalue weighted by Gasteiger charge is 2.54. The first kappa shape index (κ1) is 22.2. The zero-order valence-corrected chi connectivity index (χ0v) is 18.9. The number of imide groups is 1. The number of benzene rings is 1. The van der Waals surface area contributed by atoms with Crippen molar-refractivity contribution in [3.05, 3.63) is 51.7 Å². The first-order chi connectivity index (χ1) is 15.4. The highest BCUT2D eigenvalue weighted by atomic mass is 32.1. The summed E-state index contributed by atoms with van der Waals surface area (Å²) in [4.78, 5) is 52.8. The Hall–Kier alpha value is -3.00. The van der Waals surface area contributed by atoms with Crippen molar-refractivity contribution in [2.24, 2.45) is 0 Å². The molecule has 0 saturated carbocycles. The summed E-state index contributed by atoms with van der Waals surface area (Å²) < 4.78 is 0. The molecule has 1 aromatic carbocycles. The van der Waals surface area contributed by atoms with Crippen molar-refractivity contribution in [2.45, 2.75) is 57.4 Å². The van der Waals surface area contributed by atoms with E-state index in [0.717, 1.165) is 47.4 Å². The molecule has 1 aromatic heterocycles. The molecule has 32 heavy (non-hydrogen) atoms. The summed E-state index contributed by atoms with van der Waals surface area (Å²) in [6.07, 6.45) is 5.63. The minimum Gasteiger partial charge on any atom is -0.326 e. The lowest BCUT2D eigenvalue weighted by Gasteiger charge is -2.31. The van der Waals surface area contributed by atoms with Crippen LogP contribution in [0.5, 0.6) is 0 Å². The summed E-state index contributed by atoms with van der Waals surface area (Å²) in [5.41, 5.74) is 0.817. The second kappa shape index (κ2) is 9.24. The number of amides is 4. The highest BCUT2D eigenvalue weighted by molar-refractivity contribution is 7.10. The van der Waals surface area contributed by atoms with Gasteiger partial charge in [0.2, 0.25) is 5.91 Å². The molecular formula is C24H27N3O4S. The molecule has 168 valence electrons. The highest BCUT2D eigenvalue weighted by Crippen LogP contribution is 2.42. The van der Waals surface area contributed by atoms with E-state index in [1.165, 1.54) is 0 Å². The zero-order valence-electron chi connectivity index (χ0n) is 18.1. The number of hydrogen-bond donors (Lipinski definition) is 2. The van der Waals surface area contributed by atoms with Crippen LogP contribution >= 0.6 is 11.3 Å². The Morgan fingerprint density at radius 2 is 1.94 bits per heavy atom. The van der Waals surface area contributed by atoms with E-state index in [9.17, 15) is 19.2 Å². The van der Waals surface area contributed by atoms with Crippen molar-refractivity contribution in [1.82, 2.24) is 10.2 Å². The summed E-state index contributed by atoms with van der Waals surface area (Å²) in [5.74, 6) is -0.735. The number of carbonyl (C=O) groups excluding carboxylic acids is 4. The van der Waals surface area contributed by atoms with Gasteiger partial charge in [-0.05, 0) is 61.4 Å². The average molecular weight is 454 g/mol. The fourth-order valence-corrected chi connectivity index (χ4v) is 5.42. The topological polar surface area (TPSA) is 95.6 Å². The standard InChI is InChI=1S/C24H27N3O4S/c1-2-3-4-7-21(29)25-17-10-8-16(9-11-17)19(28)15-27-22(30)24(26-23(27)31)13-5-6-20-18(24)12-14-32-20/h8-12,14H,2-7,13,15H2,1H3,(H,25,29)(H,26,31). The number of urea groups is 1. The predicted molar refractivity (Wildman–Crippen MR) is 123 cm³/mol. The van der Waals surface area contributed by atoms with Crippen LogP contribution < -0.4 is 10.6 Å². The molecule has 1 spiro atoms. The number of fused-ring (bicyclic) bond motifs is 2. The van der Waals surface area contributed by atoms with Crippen molar-refractivity contribution in [1.29, 1.82) is 0 Å². The van der Waals surface area contributed by atoms with Crippen LogP contribution in [0.1, 0.15) is 66.2 Å². The molecule has 4 amide bonds. The van der Waals surface area contributed by atoms with Crippen molar-refractivity contribution in [2.75, 3.05) is 11.9 Å². The molecule has 1 unspecified atom stereocenters. The van der Waals surface area contributed by atoms with Gasteiger partial charge in [-0.15, -0.1) is 11.3 Å². The van der Waals surface area contributed by atoms with E-state index in [4.69, 9.17) is 0 Å². The van der Waals surface area contributed by atoms with Gasteiger partial charge in [0, 0.05) is 28.1 Å². The molecule has 2 aliphatic rings. The number of Topliss-reactive ketones (excluding diaryl/α,β-unsaturated/α-hetero) is 1. The number of anilines is 1. The third-order valence-corrected chi connectivity index (χ3v) is 7.12. The summed E-state index contributed by atoms with van der Waals surface area (Å²) in [6, 6.07) is 7.91. The van der Waals surface area contributed by atoms with Crippen LogP contribution in [0, 0.1) is 0 Å². The quantitative estimate of drug-likeness (QED) is 0.355. The van der Waals surface area contributed by atoms with E-state index < -0.39 is 11.6 Å². The Bertz CT molecular complexity index is 1050. The third-order valence-electron chi connectivity index (χ3n) is 6.14. The SMILES string of the molecule is CCCCCC(=O)Nc1ccc(C(=O)CN2C(=O)NC3(CCCc4sccc43)C2=O)cc1. The third kappa shape index (κ3) is 4.19. The van der Waals surface area contributed by atoms with E-state index in [2.05, 4.69) is 17.6 Å². The van der Waals surface area contributed by atoms with Crippen LogP contribution in [0.2, 0.25) is 0 Å². The first-order valence-corrected chi connectivity index (χ1v) is 12.0. The molecule has 0 radical (unpaired) electrons. The summed E-state index contributed by atoms with van der Waals surface area (Å²) in [6.45, 7) is 1.77. The van der Waals surface area contributed by atoms with Crippen molar-refractivity contribution >= 4 is 40.7 Å². The Morgan fingerprint density at radius 1 is 1.16 bits per heavy atom. The minimum atomic E-state index is -1.04. The van der Waals surface area contributed by atoms with Crippen LogP contribution in [-0.2, 0) is 21.5 Å². The minimum absolute atomic E-state index is 0.0533. The lowest BCUT2D eigenvalue weighted by atomic mass is 9.80. The van der Waals surface area contributed by atoms with Gasteiger partial charge in [0.05, 0.1) is 6.54 Å². The molecule has 4 rings (SSSR count). The van der Waals surface area contributed by atoms with Crippen molar-refractivity contribution in [3.8, 4) is 0 Å². The monoisotopic (exact) mass is 453 g/mol. The number of hydrogen-bond acceptors (Lipinski definition) is 5. The Labute approximate surface area is 191 Å². The number of carbonyl (C=O) groups is 4. The van der Waals surface area contributed by atoms with Gasteiger partial charge >= 0.3 is 6.03 Å². The van der Waals surface area contributed by atoms with Gasteiger partial charge in [0.15, 0.2) is 5.78 Å². The molecule has 1 aliphatic carbocycles. The maximum atomic E-state index is 13.3. The van der Waals surface area contributed by atoms with Crippen molar-refractivity contribution < 1.29 is 19.2 Å². The number of thiophene rings is 1. The van der Waals surface area contributed by atoms with E-state index in [-0.39, 0.29) is 24.1 Å². The number of rotatable bonds is 8. The van der Waals surface area contributed by atoms with Gasteiger partial charge in [0.1, 0.15) is 5.54 Å². The molecule has 2 aromatic rings. The molecule has 1 atom stereocenters. The number of aryl methyl sites for hydroxylation is 1. The van der Waals surface area contributed by atoms with E-state index in [1.54, 1.807) is 35.6 Å². The van der Waals surface area contributed by atoms with Gasteiger partial charge in [-0.3, -0.25) is 19.3 Å². The maximum Gasteiger partial charge on any atom is 0.325 e. The molecule has 2 N–H and O–H groups in total. The van der Waals surface area contributed by atoms with E-state index >= 15 is 0 Å². The summed E-state index contributed by atoms with van der Waals surface area (Å²) in [5, 5.41) is 7.63. The number of unbranched alkanes of at least 4 members (excludes halogenated alkanes) is 2. The summed E-state index contributed by atoms with van der Waals surface area (Å²) in [7, 11) is 0. The molecule has 1 saturated heterocycles. The van der Waals surface area contributed by atoms with Crippen LogP contribution in [0.25, 0.3) is 0 Å². The molecule has 2 heterocycles. The molecular weight excluding hydrogens is 426 g/mol. The Morgan fingerprint density at radius 3 is 2.69 bits per heavy atom. The van der Waals surface area contributed by atoms with E-state index in [1.807, 2.05) is 11.4 Å². The largest absolute Gasteiger partial charge is 0.326 e. The number of nitrogens with one attached hydrogen (secondary N) is 2. The Kier molecular flexibility index (Phi) is 6.41. The van der Waals surface area contributed by atoms with Crippen LogP contribution in [0.3, 0.4) is 0 Å². The smallest absolute Gasteiger partial charge is 0.325 e. The first-order valence-electron chi connectivity index (χ1n) is 11.1. The van der Waals surface area contributed by atoms with Gasteiger partial charge in [-0.25, -0.2) is 4.79 Å². The number of ketones is 1. The number of nitrogens with zero attached hydrogens (tertiary/aromatic N) is 1. The summed E-state index contributed by atoms with van der Waals surface area (Å²) >= 11 is 1.59. The van der Waals surface area contributed by atoms with Crippen LogP contribution in [0.15, 0.2) is 35.7 Å². The van der Waals surface area contributed by atoms with Gasteiger partial charge < -0.3 is 10.6 Å². The van der Waals surface area contributed by atoms with E-state index in [0.29, 0.717) is 24.1 Å². The fourth-order valence-electron chi connectivity index (χ4n) is 4.42. The lowest BCUT2D eigenvalue weighted by Crippen LogP contribution is -2.46. The molecule has 1 fully saturated rings. The van der Waals surface area contributed by atoms with Gasteiger partial charge in [-0.1, -0.05) is 19.8 Å². The molecule has 1 aliphatic heterocycles. The molecule has 8 heteroatoms. The second-order valence-electron chi connectivity index (χ2n) is 8.34. The maximum absolute atomic E-state index is 13.3. The molecule has 7 nitrogen and oxygen atoms in total. The van der Waals surface area contributed by atoms with Crippen LogP contribution in [0.4, 0.5) is 10.5 Å². The van der Waals surface area contributed by atoms with Gasteiger partial charge in [0.25, 0.3) is 5.91 Å². The predicted octanol–water partition coefficient (Wildman–Crippen LogP) is 4.23. The van der Waals surface area contributed by atoms with Crippen molar-refractivity contribution in [3.63, 3.8) is 0 Å². The lowest BCUT2D eigenvalue weighted by molar-refractivity contribution is -0.131. The van der Waals surface area contributed by atoms with Crippen LogP contribution in [-0.4, -0.2) is 35.1 Å². The zero-order chi connectivity index (χ0) is 22.7. The van der Waals surface area contributed by atoms with Gasteiger partial charge in [-0.2, -0.15) is 0 Å². The second-order valence-corrected chi connectivity index (χ2v) is 9.34. The molecule has 0 bridgehead atoms. The Balaban J connectivity index is 1.41.